The first kappa shape index (κ1) is 22.2. The highest BCUT2D eigenvalue weighted by atomic mass is 16.5. The Kier molecular flexibility index (Phi) is 7.99. The Morgan fingerprint density at radius 2 is 1.86 bits per heavy atom. The van der Waals surface area contributed by atoms with Crippen LogP contribution in [-0.2, 0) is 14.3 Å². The average molecular weight is 404 g/mol. The van der Waals surface area contributed by atoms with Gasteiger partial charge in [0.2, 0.25) is 5.91 Å². The van der Waals surface area contributed by atoms with E-state index in [1.807, 2.05) is 13.8 Å². The van der Waals surface area contributed by atoms with Gasteiger partial charge in [-0.05, 0) is 37.5 Å². The first-order valence-corrected chi connectivity index (χ1v) is 9.74. The maximum atomic E-state index is 12.6. The van der Waals surface area contributed by atoms with Crippen LogP contribution in [0.25, 0.3) is 0 Å². The topological polar surface area (TPSA) is 108 Å². The summed E-state index contributed by atoms with van der Waals surface area (Å²) in [6.07, 6.45) is 0.982. The average Bonchev–Trinajstić information content (AvgIpc) is 3.16. The largest absolute Gasteiger partial charge is 0.462 e. The molecule has 9 nitrogen and oxygen atoms in total. The number of hydrogen-bond donors (Lipinski definition) is 2. The Morgan fingerprint density at radius 3 is 2.55 bits per heavy atom. The Balaban J connectivity index is 1.96. The number of ether oxygens (including phenoxy) is 1. The summed E-state index contributed by atoms with van der Waals surface area (Å²) in [4.78, 5) is 48.7. The number of nitrogens with one attached hydrogen (secondary N) is 2. The van der Waals surface area contributed by atoms with Gasteiger partial charge in [-0.3, -0.25) is 9.59 Å². The molecule has 0 bridgehead atoms. The van der Waals surface area contributed by atoms with Gasteiger partial charge in [0.25, 0.3) is 5.91 Å². The lowest BCUT2D eigenvalue weighted by molar-refractivity contribution is -0.140. The number of amides is 4. The molecule has 2 rings (SSSR count). The summed E-state index contributed by atoms with van der Waals surface area (Å²) >= 11 is 0. The minimum absolute atomic E-state index is 0.159. The van der Waals surface area contributed by atoms with Crippen molar-refractivity contribution in [3.8, 4) is 0 Å². The molecule has 1 aliphatic rings. The van der Waals surface area contributed by atoms with Gasteiger partial charge in [0.15, 0.2) is 0 Å². The monoisotopic (exact) mass is 404 g/mol. The summed E-state index contributed by atoms with van der Waals surface area (Å²) in [5, 5.41) is 7.93. The fourth-order valence-corrected chi connectivity index (χ4v) is 2.92. The molecule has 1 fully saturated rings. The minimum Gasteiger partial charge on any atom is -0.462 e. The first-order chi connectivity index (χ1) is 13.8. The predicted octanol–water partition coefficient (Wildman–Crippen LogP) is 2.01. The van der Waals surface area contributed by atoms with Crippen LogP contribution in [0, 0.1) is 5.92 Å². The third-order valence-electron chi connectivity index (χ3n) is 4.21. The molecule has 2 N–H and O–H groups in total. The molecule has 1 heterocycles. The summed E-state index contributed by atoms with van der Waals surface area (Å²) in [6, 6.07) is 5.92. The maximum Gasteiger partial charge on any atom is 0.340 e. The zero-order chi connectivity index (χ0) is 21.4. The number of nitrogens with zero attached hydrogens (tertiary/aromatic N) is 2. The highest BCUT2D eigenvalue weighted by molar-refractivity contribution is 5.95. The SMILES string of the molecule is CCOC(=O)c1cccc(NC(=O)N2CCCN2C(=O)CNC(=O)CC(C)C)c1. The third kappa shape index (κ3) is 6.48. The van der Waals surface area contributed by atoms with Crippen molar-refractivity contribution in [3.63, 3.8) is 0 Å². The smallest absolute Gasteiger partial charge is 0.340 e. The van der Waals surface area contributed by atoms with Crippen molar-refractivity contribution in [2.75, 3.05) is 31.6 Å². The van der Waals surface area contributed by atoms with Crippen LogP contribution in [0.2, 0.25) is 0 Å². The molecule has 4 amide bonds. The van der Waals surface area contributed by atoms with E-state index in [9.17, 15) is 19.2 Å². The van der Waals surface area contributed by atoms with Crippen LogP contribution in [0.1, 0.15) is 44.0 Å². The van der Waals surface area contributed by atoms with Crippen LogP contribution in [-0.4, -0.2) is 60.1 Å². The van der Waals surface area contributed by atoms with E-state index >= 15 is 0 Å². The molecule has 9 heteroatoms. The molecule has 0 spiro atoms. The van der Waals surface area contributed by atoms with E-state index in [2.05, 4.69) is 10.6 Å². The number of carbonyl (C=O) groups excluding carboxylic acids is 4. The number of carbonyl (C=O) groups is 4. The normalized spacial score (nSPS) is 13.4. The molecule has 0 aromatic heterocycles. The Morgan fingerprint density at radius 1 is 1.14 bits per heavy atom. The van der Waals surface area contributed by atoms with Gasteiger partial charge in [0, 0.05) is 25.2 Å². The second-order valence-corrected chi connectivity index (χ2v) is 7.10. The summed E-state index contributed by atoms with van der Waals surface area (Å²) in [5.74, 6) is -0.822. The second-order valence-electron chi connectivity index (χ2n) is 7.10. The lowest BCUT2D eigenvalue weighted by Crippen LogP contribution is -2.50. The summed E-state index contributed by atoms with van der Waals surface area (Å²) in [5.41, 5.74) is 0.747. The van der Waals surface area contributed by atoms with Gasteiger partial charge < -0.3 is 15.4 Å². The van der Waals surface area contributed by atoms with E-state index in [1.165, 1.54) is 16.1 Å². The molecule has 0 aliphatic carbocycles. The van der Waals surface area contributed by atoms with Crippen molar-refractivity contribution in [1.29, 1.82) is 0 Å². The fourth-order valence-electron chi connectivity index (χ4n) is 2.92. The minimum atomic E-state index is -0.481. The van der Waals surface area contributed by atoms with E-state index in [0.717, 1.165) is 0 Å². The fraction of sp³-hybridized carbons (Fsp3) is 0.500. The zero-order valence-corrected chi connectivity index (χ0v) is 17.1. The maximum absolute atomic E-state index is 12.6. The van der Waals surface area contributed by atoms with Gasteiger partial charge in [-0.25, -0.2) is 19.6 Å². The molecule has 0 radical (unpaired) electrons. The Labute approximate surface area is 170 Å². The van der Waals surface area contributed by atoms with Crippen molar-refractivity contribution in [1.82, 2.24) is 15.3 Å². The van der Waals surface area contributed by atoms with E-state index in [-0.39, 0.29) is 30.9 Å². The quantitative estimate of drug-likeness (QED) is 0.676. The van der Waals surface area contributed by atoms with Crippen molar-refractivity contribution >= 4 is 29.5 Å². The first-order valence-electron chi connectivity index (χ1n) is 9.74. The van der Waals surface area contributed by atoms with Gasteiger partial charge in [0.1, 0.15) is 0 Å². The number of urea groups is 1. The molecular weight excluding hydrogens is 376 g/mol. The number of rotatable bonds is 7. The molecule has 1 saturated heterocycles. The molecule has 1 aromatic carbocycles. The van der Waals surface area contributed by atoms with Gasteiger partial charge in [-0.15, -0.1) is 0 Å². The van der Waals surface area contributed by atoms with Gasteiger partial charge in [-0.1, -0.05) is 19.9 Å². The number of anilines is 1. The lowest BCUT2D eigenvalue weighted by Gasteiger charge is -2.28. The van der Waals surface area contributed by atoms with Crippen molar-refractivity contribution < 1.29 is 23.9 Å². The molecule has 1 aliphatic heterocycles. The summed E-state index contributed by atoms with van der Waals surface area (Å²) in [6.45, 7) is 6.44. The highest BCUT2D eigenvalue weighted by Crippen LogP contribution is 2.16. The van der Waals surface area contributed by atoms with Crippen LogP contribution in [0.5, 0.6) is 0 Å². The predicted molar refractivity (Wildman–Crippen MR) is 107 cm³/mol. The standard InChI is InChI=1S/C20H28N4O5/c1-4-29-19(27)15-7-5-8-16(12-15)22-20(28)24-10-6-9-23(24)18(26)13-21-17(25)11-14(2)3/h5,7-8,12,14H,4,6,9-11,13H2,1-3H3,(H,21,25)(H,22,28). The molecular formula is C20H28N4O5. The van der Waals surface area contributed by atoms with Crippen molar-refractivity contribution in [2.24, 2.45) is 5.92 Å². The number of hydrogen-bond acceptors (Lipinski definition) is 5. The van der Waals surface area contributed by atoms with Gasteiger partial charge >= 0.3 is 12.0 Å². The molecule has 0 unspecified atom stereocenters. The Hall–Kier alpha value is -3.10. The van der Waals surface area contributed by atoms with Crippen LogP contribution in [0.4, 0.5) is 10.5 Å². The van der Waals surface area contributed by atoms with E-state index in [1.54, 1.807) is 25.1 Å². The summed E-state index contributed by atoms with van der Waals surface area (Å²) in [7, 11) is 0. The number of benzene rings is 1. The molecule has 158 valence electrons. The van der Waals surface area contributed by atoms with E-state index < -0.39 is 12.0 Å². The molecule has 29 heavy (non-hydrogen) atoms. The molecule has 0 atom stereocenters. The number of hydrazine groups is 1. The second kappa shape index (κ2) is 10.4. The van der Waals surface area contributed by atoms with Crippen molar-refractivity contribution in [3.05, 3.63) is 29.8 Å². The highest BCUT2D eigenvalue weighted by Gasteiger charge is 2.30. The van der Waals surface area contributed by atoms with E-state index in [0.29, 0.717) is 37.2 Å². The third-order valence-corrected chi connectivity index (χ3v) is 4.21. The molecule has 1 aromatic rings. The number of esters is 1. The van der Waals surface area contributed by atoms with Gasteiger partial charge in [0.05, 0.1) is 18.7 Å². The van der Waals surface area contributed by atoms with Gasteiger partial charge in [-0.2, -0.15) is 0 Å². The van der Waals surface area contributed by atoms with Crippen LogP contribution >= 0.6 is 0 Å². The summed E-state index contributed by atoms with van der Waals surface area (Å²) < 4.78 is 4.96. The van der Waals surface area contributed by atoms with Crippen LogP contribution in [0.3, 0.4) is 0 Å². The van der Waals surface area contributed by atoms with Crippen molar-refractivity contribution in [2.45, 2.75) is 33.6 Å². The zero-order valence-electron chi connectivity index (χ0n) is 17.1. The molecule has 0 saturated carbocycles. The Bertz CT molecular complexity index is 765. The van der Waals surface area contributed by atoms with E-state index in [4.69, 9.17) is 4.74 Å². The van der Waals surface area contributed by atoms with Crippen LogP contribution < -0.4 is 10.6 Å². The van der Waals surface area contributed by atoms with Crippen LogP contribution in [0.15, 0.2) is 24.3 Å². The lowest BCUT2D eigenvalue weighted by atomic mass is 10.1.